The molecular formula is C14H18N2. The summed E-state index contributed by atoms with van der Waals surface area (Å²) in [5, 5.41) is 1.27. The van der Waals surface area contributed by atoms with E-state index in [2.05, 4.69) is 37.0 Å². The summed E-state index contributed by atoms with van der Waals surface area (Å²) in [6, 6.07) is 6.54. The summed E-state index contributed by atoms with van der Waals surface area (Å²) in [6.45, 7) is 5.01. The third kappa shape index (κ3) is 2.07. The number of hydrogen-bond donors (Lipinski definition) is 1. The lowest BCUT2D eigenvalue weighted by Crippen LogP contribution is -2.00. The van der Waals surface area contributed by atoms with Crippen LogP contribution in [-0.4, -0.2) is 11.5 Å². The van der Waals surface area contributed by atoms with E-state index in [-0.39, 0.29) is 0 Å². The lowest BCUT2D eigenvalue weighted by molar-refractivity contribution is 0.833. The van der Waals surface area contributed by atoms with Gasteiger partial charge in [0.25, 0.3) is 0 Å². The Morgan fingerprint density at radius 3 is 2.75 bits per heavy atom. The molecule has 2 heteroatoms. The molecular weight excluding hydrogens is 196 g/mol. The average molecular weight is 214 g/mol. The molecule has 0 saturated carbocycles. The maximum Gasteiger partial charge on any atom is 0.0733 e. The van der Waals surface area contributed by atoms with Gasteiger partial charge in [-0.15, -0.1) is 0 Å². The first kappa shape index (κ1) is 11.1. The third-order valence-corrected chi connectivity index (χ3v) is 2.98. The fraction of sp³-hybridized carbons (Fsp3) is 0.357. The largest absolute Gasteiger partial charge is 0.330 e. The first-order chi connectivity index (χ1) is 7.72. The Labute approximate surface area is 96.5 Å². The van der Waals surface area contributed by atoms with Crippen LogP contribution in [0.3, 0.4) is 0 Å². The van der Waals surface area contributed by atoms with Crippen LogP contribution in [0.4, 0.5) is 0 Å². The van der Waals surface area contributed by atoms with Gasteiger partial charge >= 0.3 is 0 Å². The molecule has 0 aliphatic carbocycles. The van der Waals surface area contributed by atoms with Gasteiger partial charge in [-0.1, -0.05) is 6.07 Å². The van der Waals surface area contributed by atoms with Crippen molar-refractivity contribution in [1.82, 2.24) is 4.98 Å². The quantitative estimate of drug-likeness (QED) is 0.853. The van der Waals surface area contributed by atoms with Crippen LogP contribution in [0, 0.1) is 13.8 Å². The van der Waals surface area contributed by atoms with Crippen molar-refractivity contribution in [2.75, 3.05) is 6.54 Å². The first-order valence-electron chi connectivity index (χ1n) is 5.77. The first-order valence-corrected chi connectivity index (χ1v) is 5.77. The standard InChI is InChI=1S/C14H18N2/c1-10-5-7-16-14-11(2)8-12(4-3-6-15)9-13(10)14/h5,7-9H,3-4,6,15H2,1-2H3. The van der Waals surface area contributed by atoms with Crippen molar-refractivity contribution >= 4 is 10.9 Å². The van der Waals surface area contributed by atoms with Gasteiger partial charge in [-0.2, -0.15) is 0 Å². The highest BCUT2D eigenvalue weighted by atomic mass is 14.6. The maximum atomic E-state index is 5.54. The van der Waals surface area contributed by atoms with E-state index < -0.39 is 0 Å². The fourth-order valence-electron chi connectivity index (χ4n) is 2.09. The van der Waals surface area contributed by atoms with Crippen molar-refractivity contribution in [2.45, 2.75) is 26.7 Å². The summed E-state index contributed by atoms with van der Waals surface area (Å²) in [7, 11) is 0. The van der Waals surface area contributed by atoms with Crippen molar-refractivity contribution < 1.29 is 0 Å². The van der Waals surface area contributed by atoms with E-state index in [9.17, 15) is 0 Å². The highest BCUT2D eigenvalue weighted by molar-refractivity contribution is 5.85. The molecule has 0 unspecified atom stereocenters. The molecule has 0 radical (unpaired) electrons. The van der Waals surface area contributed by atoms with Gasteiger partial charge in [0.05, 0.1) is 5.52 Å². The zero-order valence-corrected chi connectivity index (χ0v) is 9.96. The van der Waals surface area contributed by atoms with Crippen LogP contribution in [0.5, 0.6) is 0 Å². The van der Waals surface area contributed by atoms with E-state index in [0.29, 0.717) is 0 Å². The van der Waals surface area contributed by atoms with Gasteiger partial charge in [-0.3, -0.25) is 4.98 Å². The molecule has 2 aromatic rings. The average Bonchev–Trinajstić information content (AvgIpc) is 2.28. The minimum absolute atomic E-state index is 0.753. The second-order valence-corrected chi connectivity index (χ2v) is 4.33. The Hall–Kier alpha value is -1.41. The summed E-state index contributed by atoms with van der Waals surface area (Å²) in [4.78, 5) is 4.44. The van der Waals surface area contributed by atoms with Crippen LogP contribution in [-0.2, 0) is 6.42 Å². The topological polar surface area (TPSA) is 38.9 Å². The smallest absolute Gasteiger partial charge is 0.0733 e. The Bertz CT molecular complexity index is 503. The van der Waals surface area contributed by atoms with Gasteiger partial charge in [-0.25, -0.2) is 0 Å². The predicted octanol–water partition coefficient (Wildman–Crippen LogP) is 2.74. The molecule has 0 fully saturated rings. The highest BCUT2D eigenvalue weighted by Gasteiger charge is 2.03. The lowest BCUT2D eigenvalue weighted by atomic mass is 10.0. The van der Waals surface area contributed by atoms with Gasteiger partial charge in [0.2, 0.25) is 0 Å². The number of benzene rings is 1. The number of hydrogen-bond acceptors (Lipinski definition) is 2. The molecule has 0 amide bonds. The number of aryl methyl sites for hydroxylation is 3. The monoisotopic (exact) mass is 214 g/mol. The van der Waals surface area contributed by atoms with Gasteiger partial charge in [0.15, 0.2) is 0 Å². The van der Waals surface area contributed by atoms with Crippen LogP contribution >= 0.6 is 0 Å². The second kappa shape index (κ2) is 4.62. The second-order valence-electron chi connectivity index (χ2n) is 4.33. The summed E-state index contributed by atoms with van der Waals surface area (Å²) in [6.07, 6.45) is 3.98. The van der Waals surface area contributed by atoms with Gasteiger partial charge in [0, 0.05) is 11.6 Å². The van der Waals surface area contributed by atoms with Crippen LogP contribution in [0.25, 0.3) is 10.9 Å². The number of nitrogens with two attached hydrogens (primary N) is 1. The maximum absolute atomic E-state index is 5.54. The Kier molecular flexibility index (Phi) is 3.20. The molecule has 1 heterocycles. The van der Waals surface area contributed by atoms with Gasteiger partial charge in [-0.05, 0) is 62.1 Å². The van der Waals surface area contributed by atoms with Crippen molar-refractivity contribution in [3.8, 4) is 0 Å². The highest BCUT2D eigenvalue weighted by Crippen LogP contribution is 2.22. The molecule has 0 aliphatic heterocycles. The Morgan fingerprint density at radius 1 is 1.19 bits per heavy atom. The predicted molar refractivity (Wildman–Crippen MR) is 68.6 cm³/mol. The minimum atomic E-state index is 0.753. The molecule has 1 aromatic heterocycles. The summed E-state index contributed by atoms with van der Waals surface area (Å²) < 4.78 is 0. The molecule has 16 heavy (non-hydrogen) atoms. The normalized spacial score (nSPS) is 10.9. The number of nitrogens with zero attached hydrogens (tertiary/aromatic N) is 1. The molecule has 0 bridgehead atoms. The molecule has 1 aromatic carbocycles. The van der Waals surface area contributed by atoms with Crippen LogP contribution in [0.1, 0.15) is 23.1 Å². The summed E-state index contributed by atoms with van der Waals surface area (Å²) in [5.41, 5.74) is 10.6. The van der Waals surface area contributed by atoms with Crippen LogP contribution in [0.15, 0.2) is 24.4 Å². The van der Waals surface area contributed by atoms with E-state index in [1.165, 1.54) is 22.1 Å². The molecule has 0 atom stereocenters. The summed E-state index contributed by atoms with van der Waals surface area (Å²) in [5.74, 6) is 0. The lowest BCUT2D eigenvalue weighted by Gasteiger charge is -2.08. The van der Waals surface area contributed by atoms with E-state index in [4.69, 9.17) is 5.73 Å². The number of fused-ring (bicyclic) bond motifs is 1. The molecule has 0 spiro atoms. The van der Waals surface area contributed by atoms with Gasteiger partial charge < -0.3 is 5.73 Å². The SMILES string of the molecule is Cc1ccnc2c(C)cc(CCCN)cc12. The number of aromatic nitrogens is 1. The van der Waals surface area contributed by atoms with E-state index in [1.807, 2.05) is 6.20 Å². The van der Waals surface area contributed by atoms with Crippen LogP contribution < -0.4 is 5.73 Å². The minimum Gasteiger partial charge on any atom is -0.330 e. The van der Waals surface area contributed by atoms with Gasteiger partial charge in [0.1, 0.15) is 0 Å². The van der Waals surface area contributed by atoms with E-state index in [0.717, 1.165) is 24.9 Å². The molecule has 2 nitrogen and oxygen atoms in total. The fourth-order valence-corrected chi connectivity index (χ4v) is 2.09. The molecule has 0 aliphatic rings. The van der Waals surface area contributed by atoms with Crippen molar-refractivity contribution in [3.05, 3.63) is 41.1 Å². The Balaban J connectivity index is 2.52. The summed E-state index contributed by atoms with van der Waals surface area (Å²) >= 11 is 0. The van der Waals surface area contributed by atoms with Crippen molar-refractivity contribution in [3.63, 3.8) is 0 Å². The van der Waals surface area contributed by atoms with Crippen LogP contribution in [0.2, 0.25) is 0 Å². The zero-order chi connectivity index (χ0) is 11.5. The van der Waals surface area contributed by atoms with E-state index >= 15 is 0 Å². The van der Waals surface area contributed by atoms with E-state index in [1.54, 1.807) is 0 Å². The molecule has 84 valence electrons. The molecule has 2 rings (SSSR count). The molecule has 2 N–H and O–H groups in total. The molecule has 0 saturated heterocycles. The van der Waals surface area contributed by atoms with Crippen molar-refractivity contribution in [1.29, 1.82) is 0 Å². The third-order valence-electron chi connectivity index (χ3n) is 2.98. The number of pyridine rings is 1. The van der Waals surface area contributed by atoms with Crippen molar-refractivity contribution in [2.24, 2.45) is 5.73 Å². The Morgan fingerprint density at radius 2 is 2.00 bits per heavy atom. The zero-order valence-electron chi connectivity index (χ0n) is 9.96. The number of rotatable bonds is 3.